The van der Waals surface area contributed by atoms with Crippen LogP contribution >= 0.6 is 0 Å². The van der Waals surface area contributed by atoms with Crippen molar-refractivity contribution >= 4 is 16.7 Å². The highest BCUT2D eigenvalue weighted by molar-refractivity contribution is 6.02. The van der Waals surface area contributed by atoms with Crippen LogP contribution in [0.5, 0.6) is 0 Å². The van der Waals surface area contributed by atoms with Crippen molar-refractivity contribution in [2.75, 3.05) is 6.61 Å². The number of hydroxylamine groups is 2. The number of hydrogen-bond acceptors (Lipinski definition) is 2. The molecule has 0 unspecified atom stereocenters. The van der Waals surface area contributed by atoms with Gasteiger partial charge in [-0.15, -0.1) is 0 Å². The average molecular weight is 227 g/mol. The highest BCUT2D eigenvalue weighted by Crippen LogP contribution is 2.27. The minimum absolute atomic E-state index is 0.0346. The van der Waals surface area contributed by atoms with Gasteiger partial charge in [-0.3, -0.25) is 9.63 Å². The summed E-state index contributed by atoms with van der Waals surface area (Å²) in [6.45, 7) is 2.94. The van der Waals surface area contributed by atoms with E-state index >= 15 is 0 Å². The molecule has 1 heterocycles. The molecular formula is C14H13NO2. The first-order chi connectivity index (χ1) is 8.29. The van der Waals surface area contributed by atoms with Crippen LogP contribution in [0.25, 0.3) is 10.8 Å². The lowest BCUT2D eigenvalue weighted by Crippen LogP contribution is -2.23. The number of carbonyl (C=O) groups excluding carboxylic acids is 1. The Labute approximate surface area is 99.6 Å². The van der Waals surface area contributed by atoms with Crippen LogP contribution in [0.1, 0.15) is 22.8 Å². The van der Waals surface area contributed by atoms with Gasteiger partial charge in [0.25, 0.3) is 5.91 Å². The predicted octanol–water partition coefficient (Wildman–Crippen LogP) is 2.75. The number of amides is 1. The number of benzene rings is 2. The van der Waals surface area contributed by atoms with Crippen molar-refractivity contribution in [3.05, 3.63) is 47.5 Å². The number of nitrogens with zero attached hydrogens (tertiary/aromatic N) is 1. The zero-order valence-electron chi connectivity index (χ0n) is 9.64. The Bertz CT molecular complexity index is 592. The number of fused-ring (bicyclic) bond motifs is 2. The van der Waals surface area contributed by atoms with Crippen molar-refractivity contribution in [3.8, 4) is 0 Å². The van der Waals surface area contributed by atoms with Crippen LogP contribution in [0.15, 0.2) is 36.4 Å². The molecule has 2 aromatic carbocycles. The summed E-state index contributed by atoms with van der Waals surface area (Å²) >= 11 is 0. The normalized spacial score (nSPS) is 14.4. The van der Waals surface area contributed by atoms with E-state index in [9.17, 15) is 4.79 Å². The summed E-state index contributed by atoms with van der Waals surface area (Å²) in [6.07, 6.45) is 0. The van der Waals surface area contributed by atoms with E-state index in [0.717, 1.165) is 21.9 Å². The Morgan fingerprint density at radius 2 is 1.94 bits per heavy atom. The third-order valence-corrected chi connectivity index (χ3v) is 3.03. The second kappa shape index (κ2) is 3.86. The fourth-order valence-corrected chi connectivity index (χ4v) is 2.24. The Hall–Kier alpha value is -1.87. The van der Waals surface area contributed by atoms with E-state index in [-0.39, 0.29) is 5.91 Å². The monoisotopic (exact) mass is 227 g/mol. The lowest BCUT2D eigenvalue weighted by Gasteiger charge is -2.12. The van der Waals surface area contributed by atoms with Crippen molar-refractivity contribution in [2.24, 2.45) is 0 Å². The first-order valence-corrected chi connectivity index (χ1v) is 5.76. The van der Waals surface area contributed by atoms with Gasteiger partial charge in [-0.2, -0.15) is 0 Å². The molecule has 0 bridgehead atoms. The van der Waals surface area contributed by atoms with Gasteiger partial charge in [-0.25, -0.2) is 5.06 Å². The van der Waals surface area contributed by atoms with Crippen molar-refractivity contribution in [2.45, 2.75) is 13.5 Å². The summed E-state index contributed by atoms with van der Waals surface area (Å²) in [5.74, 6) is -0.0346. The Kier molecular flexibility index (Phi) is 2.34. The molecule has 1 aliphatic heterocycles. The van der Waals surface area contributed by atoms with Crippen molar-refractivity contribution in [1.82, 2.24) is 5.06 Å². The van der Waals surface area contributed by atoms with Gasteiger partial charge in [0.05, 0.1) is 13.2 Å². The summed E-state index contributed by atoms with van der Waals surface area (Å²) in [5.41, 5.74) is 1.80. The van der Waals surface area contributed by atoms with E-state index in [4.69, 9.17) is 4.84 Å². The largest absolute Gasteiger partial charge is 0.278 e. The lowest BCUT2D eigenvalue weighted by atomic mass is 10.0. The smallest absolute Gasteiger partial charge is 0.271 e. The van der Waals surface area contributed by atoms with Crippen LogP contribution in [0.4, 0.5) is 0 Å². The number of carbonyl (C=O) groups is 1. The van der Waals surface area contributed by atoms with Crippen LogP contribution in [-0.4, -0.2) is 17.6 Å². The SMILES string of the molecule is CCON1Cc2cc3ccccc3cc2C1=O. The standard InChI is InChI=1S/C14H13NO2/c1-2-17-15-9-12-7-10-5-3-4-6-11(10)8-13(12)14(15)16/h3-8H,2,9H2,1H3. The highest BCUT2D eigenvalue weighted by atomic mass is 16.7. The highest BCUT2D eigenvalue weighted by Gasteiger charge is 2.28. The first kappa shape index (κ1) is 10.3. The van der Waals surface area contributed by atoms with Crippen LogP contribution in [0.2, 0.25) is 0 Å². The molecule has 1 aliphatic rings. The molecule has 0 fully saturated rings. The molecule has 0 saturated carbocycles. The van der Waals surface area contributed by atoms with Gasteiger partial charge < -0.3 is 0 Å². The lowest BCUT2D eigenvalue weighted by molar-refractivity contribution is -0.119. The molecule has 0 aromatic heterocycles. The maximum absolute atomic E-state index is 12.0. The zero-order chi connectivity index (χ0) is 11.8. The molecule has 3 heteroatoms. The Morgan fingerprint density at radius 1 is 1.24 bits per heavy atom. The van der Waals surface area contributed by atoms with Gasteiger partial charge in [0.2, 0.25) is 0 Å². The number of hydrogen-bond donors (Lipinski definition) is 0. The van der Waals surface area contributed by atoms with Gasteiger partial charge >= 0.3 is 0 Å². The second-order valence-corrected chi connectivity index (χ2v) is 4.12. The molecule has 3 nitrogen and oxygen atoms in total. The third kappa shape index (κ3) is 1.59. The maximum Gasteiger partial charge on any atom is 0.278 e. The van der Waals surface area contributed by atoms with Gasteiger partial charge in [0, 0.05) is 5.56 Å². The summed E-state index contributed by atoms with van der Waals surface area (Å²) in [6, 6.07) is 12.1. The molecule has 86 valence electrons. The van der Waals surface area contributed by atoms with E-state index in [0.29, 0.717) is 13.2 Å². The van der Waals surface area contributed by atoms with E-state index in [1.54, 1.807) is 0 Å². The Balaban J connectivity index is 2.10. The zero-order valence-corrected chi connectivity index (χ0v) is 9.64. The summed E-state index contributed by atoms with van der Waals surface area (Å²) < 4.78 is 0. The van der Waals surface area contributed by atoms with Crippen LogP contribution in [0.3, 0.4) is 0 Å². The quantitative estimate of drug-likeness (QED) is 0.789. The maximum atomic E-state index is 12.0. The van der Waals surface area contributed by atoms with Crippen molar-refractivity contribution in [1.29, 1.82) is 0 Å². The molecular weight excluding hydrogens is 214 g/mol. The summed E-state index contributed by atoms with van der Waals surface area (Å²) in [4.78, 5) is 17.3. The first-order valence-electron chi connectivity index (χ1n) is 5.76. The van der Waals surface area contributed by atoms with Gasteiger partial charge in [-0.1, -0.05) is 24.3 Å². The molecule has 0 aliphatic carbocycles. The van der Waals surface area contributed by atoms with Crippen molar-refractivity contribution in [3.63, 3.8) is 0 Å². The topological polar surface area (TPSA) is 29.5 Å². The summed E-state index contributed by atoms with van der Waals surface area (Å²) in [7, 11) is 0. The second-order valence-electron chi connectivity index (χ2n) is 4.12. The Morgan fingerprint density at radius 3 is 2.65 bits per heavy atom. The van der Waals surface area contributed by atoms with Gasteiger partial charge in [0.15, 0.2) is 0 Å². The van der Waals surface area contributed by atoms with Crippen molar-refractivity contribution < 1.29 is 9.63 Å². The minimum Gasteiger partial charge on any atom is -0.271 e. The molecule has 0 saturated heterocycles. The van der Waals surface area contributed by atoms with Crippen LogP contribution in [0, 0.1) is 0 Å². The van der Waals surface area contributed by atoms with E-state index in [2.05, 4.69) is 12.1 Å². The van der Waals surface area contributed by atoms with Crippen LogP contribution < -0.4 is 0 Å². The molecule has 0 spiro atoms. The fourth-order valence-electron chi connectivity index (χ4n) is 2.24. The van der Waals surface area contributed by atoms with E-state index < -0.39 is 0 Å². The predicted molar refractivity (Wildman–Crippen MR) is 65.4 cm³/mol. The molecule has 2 aromatic rings. The van der Waals surface area contributed by atoms with E-state index in [1.165, 1.54) is 5.06 Å². The third-order valence-electron chi connectivity index (χ3n) is 3.03. The molecule has 3 rings (SSSR count). The van der Waals surface area contributed by atoms with Gasteiger partial charge in [0.1, 0.15) is 0 Å². The van der Waals surface area contributed by atoms with Gasteiger partial charge in [-0.05, 0) is 35.4 Å². The fraction of sp³-hybridized carbons (Fsp3) is 0.214. The molecule has 1 amide bonds. The molecule has 0 N–H and O–H groups in total. The molecule has 17 heavy (non-hydrogen) atoms. The average Bonchev–Trinajstić information content (AvgIpc) is 2.64. The number of rotatable bonds is 2. The van der Waals surface area contributed by atoms with E-state index in [1.807, 2.05) is 31.2 Å². The van der Waals surface area contributed by atoms with Crippen LogP contribution in [-0.2, 0) is 11.4 Å². The minimum atomic E-state index is -0.0346. The molecule has 0 atom stereocenters. The molecule has 0 radical (unpaired) electrons. The summed E-state index contributed by atoms with van der Waals surface area (Å²) in [5, 5.41) is 3.69.